The Kier molecular flexibility index (Phi) is 3.88. The molecule has 0 saturated heterocycles. The van der Waals surface area contributed by atoms with Gasteiger partial charge in [-0.2, -0.15) is 0 Å². The van der Waals surface area contributed by atoms with Crippen LogP contribution < -0.4 is 0 Å². The summed E-state index contributed by atoms with van der Waals surface area (Å²) < 4.78 is 5.19. The second kappa shape index (κ2) is 5.43. The lowest BCUT2D eigenvalue weighted by molar-refractivity contribution is -0.137. The molecule has 0 fully saturated rings. The minimum absolute atomic E-state index is 0.213. The van der Waals surface area contributed by atoms with E-state index in [9.17, 15) is 9.59 Å². The van der Waals surface area contributed by atoms with E-state index in [4.69, 9.17) is 4.74 Å². The smallest absolute Gasteiger partial charge is 0.338 e. The van der Waals surface area contributed by atoms with Crippen LogP contribution in [-0.4, -0.2) is 37.0 Å². The molecule has 1 aliphatic rings. The third-order valence-electron chi connectivity index (χ3n) is 3.41. The number of fused-ring (bicyclic) bond motifs is 1. The van der Waals surface area contributed by atoms with Gasteiger partial charge >= 0.3 is 5.97 Å². The first-order chi connectivity index (χ1) is 8.99. The normalized spacial score (nSPS) is 14.7. The van der Waals surface area contributed by atoms with Crippen LogP contribution in [0.25, 0.3) is 0 Å². The molecule has 1 unspecified atom stereocenters. The largest absolute Gasteiger partial charge is 0.449 e. The topological polar surface area (TPSA) is 46.6 Å². The fourth-order valence-corrected chi connectivity index (χ4v) is 2.34. The van der Waals surface area contributed by atoms with Crippen LogP contribution in [0, 0.1) is 0 Å². The van der Waals surface area contributed by atoms with Crippen molar-refractivity contribution in [2.45, 2.75) is 32.3 Å². The van der Waals surface area contributed by atoms with E-state index in [1.54, 1.807) is 27.1 Å². The van der Waals surface area contributed by atoms with Gasteiger partial charge in [-0.25, -0.2) is 4.79 Å². The zero-order valence-corrected chi connectivity index (χ0v) is 11.6. The summed E-state index contributed by atoms with van der Waals surface area (Å²) in [7, 11) is 3.28. The van der Waals surface area contributed by atoms with E-state index in [1.807, 2.05) is 12.1 Å². The maximum absolute atomic E-state index is 12.0. The lowest BCUT2D eigenvalue weighted by Gasteiger charge is -2.17. The molecule has 1 aromatic carbocycles. The average molecular weight is 261 g/mol. The fraction of sp³-hybridized carbons (Fsp3) is 0.467. The zero-order chi connectivity index (χ0) is 14.0. The summed E-state index contributed by atoms with van der Waals surface area (Å²) in [5, 5.41) is 0. The van der Waals surface area contributed by atoms with Crippen molar-refractivity contribution in [3.8, 4) is 0 Å². The van der Waals surface area contributed by atoms with Gasteiger partial charge in [-0.15, -0.1) is 0 Å². The average Bonchev–Trinajstić information content (AvgIpc) is 2.84. The number of aryl methyl sites for hydroxylation is 2. The molecule has 0 aliphatic heterocycles. The summed E-state index contributed by atoms with van der Waals surface area (Å²) in [5.74, 6) is -0.646. The van der Waals surface area contributed by atoms with Gasteiger partial charge in [0.1, 0.15) is 0 Å². The number of hydrogen-bond donors (Lipinski definition) is 0. The summed E-state index contributed by atoms with van der Waals surface area (Å²) in [6.45, 7) is 1.59. The van der Waals surface area contributed by atoms with Gasteiger partial charge < -0.3 is 9.64 Å². The Hall–Kier alpha value is -1.84. The Labute approximate surface area is 113 Å². The van der Waals surface area contributed by atoms with Crippen molar-refractivity contribution in [2.24, 2.45) is 0 Å². The quantitative estimate of drug-likeness (QED) is 0.780. The van der Waals surface area contributed by atoms with Gasteiger partial charge in [0.25, 0.3) is 5.91 Å². The van der Waals surface area contributed by atoms with E-state index >= 15 is 0 Å². The molecule has 0 heterocycles. The molecule has 4 nitrogen and oxygen atoms in total. The van der Waals surface area contributed by atoms with Crippen molar-refractivity contribution < 1.29 is 14.3 Å². The molecule has 1 atom stereocenters. The molecule has 1 amide bonds. The molecule has 0 bridgehead atoms. The molecule has 0 saturated carbocycles. The predicted molar refractivity (Wildman–Crippen MR) is 72.0 cm³/mol. The minimum atomic E-state index is -0.754. The van der Waals surface area contributed by atoms with Crippen molar-refractivity contribution in [1.29, 1.82) is 0 Å². The summed E-state index contributed by atoms with van der Waals surface area (Å²) in [4.78, 5) is 25.1. The summed E-state index contributed by atoms with van der Waals surface area (Å²) in [6, 6.07) is 5.65. The van der Waals surface area contributed by atoms with Gasteiger partial charge in [0.05, 0.1) is 5.56 Å². The number of nitrogens with zero attached hydrogens (tertiary/aromatic N) is 1. The molecule has 1 aliphatic carbocycles. The molecule has 4 heteroatoms. The molecular weight excluding hydrogens is 242 g/mol. The summed E-state index contributed by atoms with van der Waals surface area (Å²) in [5.41, 5.74) is 3.06. The molecule has 0 N–H and O–H groups in total. The number of amides is 1. The van der Waals surface area contributed by atoms with E-state index in [0.29, 0.717) is 5.56 Å². The third kappa shape index (κ3) is 2.95. The molecule has 0 radical (unpaired) electrons. The standard InChI is InChI=1S/C15H19NO3/c1-10(14(17)16(2)3)19-15(18)13-8-7-11-5-4-6-12(11)9-13/h7-10H,4-6H2,1-3H3. The highest BCUT2D eigenvalue weighted by Gasteiger charge is 2.21. The van der Waals surface area contributed by atoms with Crippen LogP contribution in [0.15, 0.2) is 18.2 Å². The van der Waals surface area contributed by atoms with Gasteiger partial charge in [0.15, 0.2) is 6.10 Å². The minimum Gasteiger partial charge on any atom is -0.449 e. The van der Waals surface area contributed by atoms with Crippen LogP contribution >= 0.6 is 0 Å². The molecule has 0 aromatic heterocycles. The lowest BCUT2D eigenvalue weighted by atomic mass is 10.1. The third-order valence-corrected chi connectivity index (χ3v) is 3.41. The maximum atomic E-state index is 12.0. The van der Waals surface area contributed by atoms with E-state index in [-0.39, 0.29) is 5.91 Å². The van der Waals surface area contributed by atoms with Crippen LogP contribution in [0.2, 0.25) is 0 Å². The molecule has 102 valence electrons. The monoisotopic (exact) mass is 261 g/mol. The second-order valence-corrected chi connectivity index (χ2v) is 5.12. The van der Waals surface area contributed by atoms with E-state index < -0.39 is 12.1 Å². The Morgan fingerprint density at radius 2 is 1.89 bits per heavy atom. The number of rotatable bonds is 3. The van der Waals surface area contributed by atoms with Crippen molar-refractivity contribution in [1.82, 2.24) is 4.90 Å². The van der Waals surface area contributed by atoms with E-state index in [0.717, 1.165) is 19.3 Å². The van der Waals surface area contributed by atoms with E-state index in [2.05, 4.69) is 0 Å². The Bertz CT molecular complexity index is 508. The van der Waals surface area contributed by atoms with Gasteiger partial charge in [-0.05, 0) is 49.4 Å². The SMILES string of the molecule is CC(OC(=O)c1ccc2c(c1)CCC2)C(=O)N(C)C. The van der Waals surface area contributed by atoms with Crippen LogP contribution in [0.4, 0.5) is 0 Å². The first-order valence-corrected chi connectivity index (χ1v) is 6.53. The highest BCUT2D eigenvalue weighted by atomic mass is 16.5. The van der Waals surface area contributed by atoms with Crippen molar-refractivity contribution >= 4 is 11.9 Å². The molecule has 2 rings (SSSR count). The molecule has 1 aromatic rings. The number of esters is 1. The first kappa shape index (κ1) is 13.6. The van der Waals surface area contributed by atoms with Crippen molar-refractivity contribution in [3.63, 3.8) is 0 Å². The van der Waals surface area contributed by atoms with Crippen molar-refractivity contribution in [2.75, 3.05) is 14.1 Å². The fourth-order valence-electron chi connectivity index (χ4n) is 2.34. The summed E-state index contributed by atoms with van der Waals surface area (Å²) in [6.07, 6.45) is 2.49. The number of hydrogen-bond acceptors (Lipinski definition) is 3. The van der Waals surface area contributed by atoms with Gasteiger partial charge in [0.2, 0.25) is 0 Å². The number of carbonyl (C=O) groups excluding carboxylic acids is 2. The second-order valence-electron chi connectivity index (χ2n) is 5.12. The van der Waals surface area contributed by atoms with Gasteiger partial charge in [-0.1, -0.05) is 6.07 Å². The van der Waals surface area contributed by atoms with Crippen LogP contribution in [-0.2, 0) is 22.4 Å². The number of likely N-dealkylation sites (N-methyl/N-ethyl adjacent to an activating group) is 1. The first-order valence-electron chi connectivity index (χ1n) is 6.53. The Morgan fingerprint density at radius 3 is 2.58 bits per heavy atom. The number of ether oxygens (including phenoxy) is 1. The van der Waals surface area contributed by atoms with Crippen LogP contribution in [0.5, 0.6) is 0 Å². The van der Waals surface area contributed by atoms with Crippen LogP contribution in [0.3, 0.4) is 0 Å². The highest BCUT2D eigenvalue weighted by molar-refractivity contribution is 5.92. The van der Waals surface area contributed by atoms with Crippen LogP contribution in [0.1, 0.15) is 34.8 Å². The summed E-state index contributed by atoms with van der Waals surface area (Å²) >= 11 is 0. The molecule has 19 heavy (non-hydrogen) atoms. The maximum Gasteiger partial charge on any atom is 0.338 e. The predicted octanol–water partition coefficient (Wildman–Crippen LogP) is 1.81. The van der Waals surface area contributed by atoms with E-state index in [1.165, 1.54) is 16.0 Å². The number of benzene rings is 1. The zero-order valence-electron chi connectivity index (χ0n) is 11.6. The Balaban J connectivity index is 2.06. The van der Waals surface area contributed by atoms with Gasteiger partial charge in [0, 0.05) is 14.1 Å². The number of carbonyl (C=O) groups is 2. The molecule has 0 spiro atoms. The lowest BCUT2D eigenvalue weighted by Crippen LogP contribution is -2.34. The molecular formula is C15H19NO3. The van der Waals surface area contributed by atoms with Crippen molar-refractivity contribution in [3.05, 3.63) is 34.9 Å². The Morgan fingerprint density at radius 1 is 1.21 bits per heavy atom. The van der Waals surface area contributed by atoms with Gasteiger partial charge in [-0.3, -0.25) is 4.79 Å². The highest BCUT2D eigenvalue weighted by Crippen LogP contribution is 2.23.